The van der Waals surface area contributed by atoms with Gasteiger partial charge in [0.15, 0.2) is 5.79 Å². The summed E-state index contributed by atoms with van der Waals surface area (Å²) in [4.78, 5) is 14.0. The molecule has 0 amide bonds. The van der Waals surface area contributed by atoms with Gasteiger partial charge in [-0.25, -0.2) is 0 Å². The highest BCUT2D eigenvalue weighted by Crippen LogP contribution is 2.69. The highest BCUT2D eigenvalue weighted by atomic mass is 16.7. The summed E-state index contributed by atoms with van der Waals surface area (Å²) in [5.41, 5.74) is -0.969. The van der Waals surface area contributed by atoms with Crippen LogP contribution in [0.4, 0.5) is 0 Å². The summed E-state index contributed by atoms with van der Waals surface area (Å²) in [7, 11) is 0. The molecule has 5 nitrogen and oxygen atoms in total. The maximum atomic E-state index is 14.0. The Morgan fingerprint density at radius 2 is 2.03 bits per heavy atom. The molecule has 30 heavy (non-hydrogen) atoms. The Morgan fingerprint density at radius 3 is 2.67 bits per heavy atom. The lowest BCUT2D eigenvalue weighted by Gasteiger charge is -2.58. The van der Waals surface area contributed by atoms with Crippen molar-refractivity contribution in [3.8, 4) is 0 Å². The molecule has 9 atom stereocenters. The van der Waals surface area contributed by atoms with Gasteiger partial charge in [0.05, 0.1) is 23.9 Å². The Hall–Kier alpha value is -1.17. The molecule has 0 spiro atoms. The SMILES string of the molecule is Cc1ccoc1CC[C@@]1(C)O[C@@]2(CC(C)C)O[C@H]3C[C@H](C)[C@H]4C(=O)[C@@H]1[C@]2(O)[C@H](C)[C@H]43. The summed E-state index contributed by atoms with van der Waals surface area (Å²) < 4.78 is 19.2. The molecule has 0 aromatic carbocycles. The lowest BCUT2D eigenvalue weighted by atomic mass is 9.52. The van der Waals surface area contributed by atoms with Crippen molar-refractivity contribution in [3.05, 3.63) is 23.7 Å². The number of aliphatic hydroxyl groups is 1. The number of Topliss-reactive ketones (excluding diaryl/α,β-unsaturated/α-hetero) is 1. The molecule has 4 fully saturated rings. The average Bonchev–Trinajstić information content (AvgIpc) is 3.25. The van der Waals surface area contributed by atoms with Crippen molar-refractivity contribution in [1.29, 1.82) is 0 Å². The van der Waals surface area contributed by atoms with Gasteiger partial charge < -0.3 is 19.0 Å². The number of aryl methyl sites for hydroxylation is 2. The van der Waals surface area contributed by atoms with E-state index in [1.165, 1.54) is 0 Å². The fraction of sp³-hybridized carbons (Fsp3) is 0.800. The highest BCUT2D eigenvalue weighted by Gasteiger charge is 2.81. The Balaban J connectivity index is 1.60. The molecule has 2 saturated carbocycles. The van der Waals surface area contributed by atoms with Gasteiger partial charge in [0.2, 0.25) is 0 Å². The molecule has 0 radical (unpaired) electrons. The first kappa shape index (κ1) is 20.7. The van der Waals surface area contributed by atoms with E-state index in [4.69, 9.17) is 13.9 Å². The van der Waals surface area contributed by atoms with E-state index in [0.717, 1.165) is 17.7 Å². The third-order valence-corrected chi connectivity index (χ3v) is 8.84. The van der Waals surface area contributed by atoms with Crippen molar-refractivity contribution < 1.29 is 23.8 Å². The summed E-state index contributed by atoms with van der Waals surface area (Å²) in [6.07, 6.45) is 4.45. The van der Waals surface area contributed by atoms with Crippen LogP contribution in [-0.4, -0.2) is 34.0 Å². The molecule has 2 saturated heterocycles. The Morgan fingerprint density at radius 1 is 1.30 bits per heavy atom. The van der Waals surface area contributed by atoms with Crippen LogP contribution in [0.3, 0.4) is 0 Å². The summed E-state index contributed by atoms with van der Waals surface area (Å²) in [5, 5.41) is 12.3. The Kier molecular flexibility index (Phi) is 4.44. The van der Waals surface area contributed by atoms with Gasteiger partial charge >= 0.3 is 0 Å². The number of hydrogen-bond acceptors (Lipinski definition) is 5. The van der Waals surface area contributed by atoms with Gasteiger partial charge in [-0.05, 0) is 56.1 Å². The molecule has 5 heteroatoms. The van der Waals surface area contributed by atoms with Gasteiger partial charge in [0, 0.05) is 24.7 Å². The molecule has 2 bridgehead atoms. The molecule has 1 aromatic heterocycles. The maximum Gasteiger partial charge on any atom is 0.199 e. The van der Waals surface area contributed by atoms with Crippen molar-refractivity contribution in [3.63, 3.8) is 0 Å². The normalized spacial score (nSPS) is 49.3. The average molecular weight is 417 g/mol. The molecule has 1 aromatic rings. The standard InChI is InChI=1S/C25H36O5/c1-13(2)12-24-25(27)16(5)20-18(29-24)11-15(4)19(20)21(26)22(25)23(6,30-24)9-7-17-14(3)8-10-28-17/h8,10,13,15-16,18-20,22,27H,7,9,11-12H2,1-6H3/t15-,16+,18-,19+,20-,22-,23+,24+,25+/m0/s1. The second kappa shape index (κ2) is 6.43. The second-order valence-electron chi connectivity index (χ2n) is 11.2. The molecular weight excluding hydrogens is 380 g/mol. The zero-order valence-corrected chi connectivity index (χ0v) is 19.1. The number of carbonyl (C=O) groups excluding carboxylic acids is 1. The van der Waals surface area contributed by atoms with Crippen molar-refractivity contribution >= 4 is 5.78 Å². The van der Waals surface area contributed by atoms with Crippen molar-refractivity contribution in [2.75, 3.05) is 0 Å². The minimum Gasteiger partial charge on any atom is -0.469 e. The Labute approximate surface area is 179 Å². The molecule has 0 unspecified atom stereocenters. The van der Waals surface area contributed by atoms with E-state index >= 15 is 0 Å². The quantitative estimate of drug-likeness (QED) is 0.775. The number of rotatable bonds is 5. The number of furan rings is 1. The van der Waals surface area contributed by atoms with Crippen LogP contribution in [0.5, 0.6) is 0 Å². The number of hydrogen-bond donors (Lipinski definition) is 1. The third kappa shape index (κ3) is 2.43. The number of ketones is 1. The molecule has 5 rings (SSSR count). The summed E-state index contributed by atoms with van der Waals surface area (Å²) in [5.74, 6) is 0.00556. The van der Waals surface area contributed by atoms with Crippen LogP contribution in [0.2, 0.25) is 0 Å². The van der Waals surface area contributed by atoms with Crippen molar-refractivity contribution in [1.82, 2.24) is 0 Å². The first-order chi connectivity index (χ1) is 14.0. The van der Waals surface area contributed by atoms with Gasteiger partial charge in [-0.15, -0.1) is 0 Å². The van der Waals surface area contributed by atoms with Crippen LogP contribution in [0.25, 0.3) is 0 Å². The lowest BCUT2D eigenvalue weighted by molar-refractivity contribution is -0.369. The molecular formula is C25H36O5. The van der Waals surface area contributed by atoms with Crippen molar-refractivity contribution in [2.24, 2.45) is 35.5 Å². The first-order valence-corrected chi connectivity index (χ1v) is 11.7. The van der Waals surface area contributed by atoms with E-state index in [0.29, 0.717) is 19.3 Å². The predicted molar refractivity (Wildman–Crippen MR) is 112 cm³/mol. The minimum absolute atomic E-state index is 0.0152. The second-order valence-corrected chi connectivity index (χ2v) is 11.2. The number of ether oxygens (including phenoxy) is 2. The van der Waals surface area contributed by atoms with E-state index < -0.39 is 22.9 Å². The zero-order chi connectivity index (χ0) is 21.6. The van der Waals surface area contributed by atoms with Crippen LogP contribution in [0.1, 0.15) is 65.2 Å². The van der Waals surface area contributed by atoms with Crippen LogP contribution in [-0.2, 0) is 20.7 Å². The summed E-state index contributed by atoms with van der Waals surface area (Å²) in [6, 6.07) is 1.96. The van der Waals surface area contributed by atoms with Gasteiger partial charge in [0.25, 0.3) is 0 Å². The largest absolute Gasteiger partial charge is 0.469 e. The lowest BCUT2D eigenvalue weighted by Crippen LogP contribution is -2.72. The summed E-state index contributed by atoms with van der Waals surface area (Å²) in [6.45, 7) is 12.6. The molecule has 1 N–H and O–H groups in total. The van der Waals surface area contributed by atoms with Crippen LogP contribution < -0.4 is 0 Å². The molecule has 2 aliphatic carbocycles. The summed E-state index contributed by atoms with van der Waals surface area (Å²) >= 11 is 0. The van der Waals surface area contributed by atoms with Gasteiger partial charge in [-0.1, -0.05) is 27.7 Å². The maximum absolute atomic E-state index is 14.0. The number of carbonyl (C=O) groups is 1. The molecule has 3 heterocycles. The third-order valence-electron chi connectivity index (χ3n) is 8.84. The van der Waals surface area contributed by atoms with E-state index in [2.05, 4.69) is 27.7 Å². The minimum atomic E-state index is -1.29. The fourth-order valence-electron chi connectivity index (χ4n) is 7.70. The van der Waals surface area contributed by atoms with Gasteiger partial charge in [-0.3, -0.25) is 4.79 Å². The zero-order valence-electron chi connectivity index (χ0n) is 19.1. The van der Waals surface area contributed by atoms with Crippen LogP contribution >= 0.6 is 0 Å². The van der Waals surface area contributed by atoms with Gasteiger partial charge in [0.1, 0.15) is 17.1 Å². The monoisotopic (exact) mass is 416 g/mol. The highest BCUT2D eigenvalue weighted by molar-refractivity contribution is 5.89. The van der Waals surface area contributed by atoms with Crippen LogP contribution in [0.15, 0.2) is 16.7 Å². The predicted octanol–water partition coefficient (Wildman–Crippen LogP) is 4.29. The smallest absolute Gasteiger partial charge is 0.199 e. The molecule has 2 aliphatic heterocycles. The van der Waals surface area contributed by atoms with E-state index in [9.17, 15) is 9.90 Å². The molecule has 166 valence electrons. The van der Waals surface area contributed by atoms with Crippen molar-refractivity contribution in [2.45, 2.75) is 90.3 Å². The topological polar surface area (TPSA) is 68.9 Å². The first-order valence-electron chi connectivity index (χ1n) is 11.7. The van der Waals surface area contributed by atoms with E-state index in [-0.39, 0.29) is 41.5 Å². The van der Waals surface area contributed by atoms with Gasteiger partial charge in [-0.2, -0.15) is 0 Å². The van der Waals surface area contributed by atoms with Crippen LogP contribution in [0, 0.1) is 42.4 Å². The Bertz CT molecular complexity index is 859. The van der Waals surface area contributed by atoms with E-state index in [1.807, 2.05) is 19.9 Å². The van der Waals surface area contributed by atoms with E-state index in [1.54, 1.807) is 6.26 Å². The fourth-order valence-corrected chi connectivity index (χ4v) is 7.70. The molecule has 4 aliphatic rings.